The molecular weight excluding hydrogens is 257 g/mol. The highest BCUT2D eigenvalue weighted by molar-refractivity contribution is 6.39. The highest BCUT2D eigenvalue weighted by Crippen LogP contribution is 2.34. The van der Waals surface area contributed by atoms with E-state index < -0.39 is 5.54 Å². The molecule has 0 bridgehead atoms. The van der Waals surface area contributed by atoms with Gasteiger partial charge in [-0.3, -0.25) is 0 Å². The average Bonchev–Trinajstić information content (AvgIpc) is 2.35. The summed E-state index contributed by atoms with van der Waals surface area (Å²) in [6.07, 6.45) is 8.46. The molecule has 0 saturated heterocycles. The van der Waals surface area contributed by atoms with Crippen LogP contribution in [-0.4, -0.2) is 17.3 Å². The van der Waals surface area contributed by atoms with Crippen LogP contribution in [0.1, 0.15) is 6.42 Å². The van der Waals surface area contributed by atoms with Gasteiger partial charge in [-0.1, -0.05) is 53.6 Å². The third-order valence-corrected chi connectivity index (χ3v) is 3.39. The number of para-hydroxylation sites is 1. The van der Waals surface area contributed by atoms with Crippen molar-refractivity contribution in [1.82, 2.24) is 0 Å². The summed E-state index contributed by atoms with van der Waals surface area (Å²) in [6.45, 7) is -0.0185. The quantitative estimate of drug-likeness (QED) is 0.878. The Morgan fingerprint density at radius 2 is 1.94 bits per heavy atom. The van der Waals surface area contributed by atoms with Crippen LogP contribution in [0.4, 0.5) is 5.69 Å². The molecule has 0 amide bonds. The number of aliphatic hydroxyl groups excluding tert-OH is 1. The van der Waals surface area contributed by atoms with Crippen LogP contribution in [-0.2, 0) is 0 Å². The first-order chi connectivity index (χ1) is 8.17. The minimum atomic E-state index is -0.524. The molecule has 0 fully saturated rings. The Kier molecular flexibility index (Phi) is 3.77. The zero-order chi connectivity index (χ0) is 12.3. The molecule has 0 aliphatic heterocycles. The first-order valence-corrected chi connectivity index (χ1v) is 6.10. The molecule has 1 aliphatic carbocycles. The number of hydrogen-bond donors (Lipinski definition) is 2. The van der Waals surface area contributed by atoms with Gasteiger partial charge in [-0.05, 0) is 18.6 Å². The smallest absolute Gasteiger partial charge is 0.0825 e. The number of halogens is 2. The fraction of sp³-hybridized carbons (Fsp3) is 0.231. The highest BCUT2D eigenvalue weighted by Gasteiger charge is 2.27. The van der Waals surface area contributed by atoms with Crippen molar-refractivity contribution in [2.45, 2.75) is 12.0 Å². The fourth-order valence-corrected chi connectivity index (χ4v) is 2.27. The predicted molar refractivity (Wildman–Crippen MR) is 72.8 cm³/mol. The Hall–Kier alpha value is -0.960. The van der Waals surface area contributed by atoms with Gasteiger partial charge >= 0.3 is 0 Å². The lowest BCUT2D eigenvalue weighted by molar-refractivity contribution is 0.239. The summed E-state index contributed by atoms with van der Waals surface area (Å²) < 4.78 is 0. The second-order valence-corrected chi connectivity index (χ2v) is 4.84. The van der Waals surface area contributed by atoms with E-state index in [-0.39, 0.29) is 6.61 Å². The van der Waals surface area contributed by atoms with Gasteiger partial charge in [0.2, 0.25) is 0 Å². The van der Waals surface area contributed by atoms with Gasteiger partial charge in [0, 0.05) is 0 Å². The number of anilines is 1. The topological polar surface area (TPSA) is 32.3 Å². The maximum absolute atomic E-state index is 9.55. The number of allylic oxidation sites excluding steroid dienone is 2. The first-order valence-electron chi connectivity index (χ1n) is 5.34. The molecule has 0 radical (unpaired) electrons. The van der Waals surface area contributed by atoms with Crippen molar-refractivity contribution >= 4 is 28.9 Å². The van der Waals surface area contributed by atoms with Crippen molar-refractivity contribution < 1.29 is 5.11 Å². The molecule has 17 heavy (non-hydrogen) atoms. The Morgan fingerprint density at radius 1 is 1.24 bits per heavy atom. The molecular formula is C13H13Cl2NO. The SMILES string of the molecule is OCC1(Nc2c(Cl)cccc2Cl)C=CC=CC1. The maximum Gasteiger partial charge on any atom is 0.0825 e. The van der Waals surface area contributed by atoms with Crippen molar-refractivity contribution in [2.24, 2.45) is 0 Å². The molecule has 1 aliphatic rings. The third-order valence-electron chi connectivity index (χ3n) is 2.76. The standard InChI is InChI=1S/C13H13Cl2NO/c14-10-5-4-6-11(15)12(10)16-13(9-17)7-2-1-3-8-13/h1-7,16-17H,8-9H2. The van der Waals surface area contributed by atoms with Crippen LogP contribution in [0.15, 0.2) is 42.5 Å². The van der Waals surface area contributed by atoms with Crippen LogP contribution in [0.3, 0.4) is 0 Å². The van der Waals surface area contributed by atoms with Gasteiger partial charge in [0.15, 0.2) is 0 Å². The van der Waals surface area contributed by atoms with Crippen LogP contribution in [0.5, 0.6) is 0 Å². The summed E-state index contributed by atoms with van der Waals surface area (Å²) in [5.74, 6) is 0. The number of aliphatic hydroxyl groups is 1. The molecule has 1 atom stereocenters. The molecule has 1 aromatic carbocycles. The van der Waals surface area contributed by atoms with Gasteiger partial charge in [0.05, 0.1) is 27.9 Å². The van der Waals surface area contributed by atoms with E-state index >= 15 is 0 Å². The van der Waals surface area contributed by atoms with Crippen LogP contribution < -0.4 is 5.32 Å². The van der Waals surface area contributed by atoms with E-state index in [0.717, 1.165) is 0 Å². The normalized spacial score (nSPS) is 22.8. The lowest BCUT2D eigenvalue weighted by Crippen LogP contribution is -2.40. The van der Waals surface area contributed by atoms with Gasteiger partial charge in [-0.2, -0.15) is 0 Å². The van der Waals surface area contributed by atoms with Crippen molar-refractivity contribution in [3.8, 4) is 0 Å². The predicted octanol–water partition coefficient (Wildman–Crippen LogP) is 3.65. The van der Waals surface area contributed by atoms with E-state index in [9.17, 15) is 5.11 Å². The molecule has 1 aromatic rings. The van der Waals surface area contributed by atoms with E-state index in [1.807, 2.05) is 24.3 Å². The minimum Gasteiger partial charge on any atom is -0.394 e. The Bertz CT molecular complexity index is 450. The van der Waals surface area contributed by atoms with E-state index in [2.05, 4.69) is 5.32 Å². The molecule has 0 spiro atoms. The van der Waals surface area contributed by atoms with Crippen molar-refractivity contribution in [1.29, 1.82) is 0 Å². The van der Waals surface area contributed by atoms with Crippen LogP contribution >= 0.6 is 23.2 Å². The van der Waals surface area contributed by atoms with E-state index in [1.165, 1.54) is 0 Å². The lowest BCUT2D eigenvalue weighted by atomic mass is 9.92. The molecule has 4 heteroatoms. The number of nitrogens with one attached hydrogen (secondary N) is 1. The third kappa shape index (κ3) is 2.65. The van der Waals surface area contributed by atoms with Gasteiger partial charge in [-0.25, -0.2) is 0 Å². The second kappa shape index (κ2) is 5.13. The first kappa shape index (κ1) is 12.5. The summed E-state index contributed by atoms with van der Waals surface area (Å²) in [5, 5.41) is 13.9. The van der Waals surface area contributed by atoms with Crippen LogP contribution in [0, 0.1) is 0 Å². The minimum absolute atomic E-state index is 0.0185. The van der Waals surface area contributed by atoms with Crippen molar-refractivity contribution in [3.05, 3.63) is 52.5 Å². The highest BCUT2D eigenvalue weighted by atomic mass is 35.5. The van der Waals surface area contributed by atoms with Gasteiger partial charge in [0.1, 0.15) is 0 Å². The van der Waals surface area contributed by atoms with Gasteiger partial charge in [-0.15, -0.1) is 0 Å². The summed E-state index contributed by atoms with van der Waals surface area (Å²) in [4.78, 5) is 0. The van der Waals surface area contributed by atoms with E-state index in [0.29, 0.717) is 22.2 Å². The fourth-order valence-electron chi connectivity index (χ4n) is 1.78. The molecule has 0 saturated carbocycles. The summed E-state index contributed by atoms with van der Waals surface area (Å²) in [5.41, 5.74) is 0.133. The monoisotopic (exact) mass is 269 g/mol. The molecule has 2 N–H and O–H groups in total. The maximum atomic E-state index is 9.55. The van der Waals surface area contributed by atoms with Crippen LogP contribution in [0.25, 0.3) is 0 Å². The van der Waals surface area contributed by atoms with E-state index in [1.54, 1.807) is 18.2 Å². The Morgan fingerprint density at radius 3 is 2.47 bits per heavy atom. The second-order valence-electron chi connectivity index (χ2n) is 4.03. The number of hydrogen-bond acceptors (Lipinski definition) is 2. The molecule has 2 nitrogen and oxygen atoms in total. The molecule has 2 rings (SSSR count). The zero-order valence-electron chi connectivity index (χ0n) is 9.16. The van der Waals surface area contributed by atoms with Crippen molar-refractivity contribution in [3.63, 3.8) is 0 Å². The van der Waals surface area contributed by atoms with Gasteiger partial charge < -0.3 is 10.4 Å². The summed E-state index contributed by atoms with van der Waals surface area (Å²) in [7, 11) is 0. The lowest BCUT2D eigenvalue weighted by Gasteiger charge is -2.32. The molecule has 1 unspecified atom stereocenters. The number of benzene rings is 1. The molecule has 0 heterocycles. The van der Waals surface area contributed by atoms with Gasteiger partial charge in [0.25, 0.3) is 0 Å². The molecule has 90 valence electrons. The Balaban J connectivity index is 2.30. The number of rotatable bonds is 3. The average molecular weight is 270 g/mol. The van der Waals surface area contributed by atoms with Crippen LogP contribution in [0.2, 0.25) is 10.0 Å². The Labute approximate surface area is 111 Å². The molecule has 0 aromatic heterocycles. The summed E-state index contributed by atoms with van der Waals surface area (Å²) >= 11 is 12.2. The largest absolute Gasteiger partial charge is 0.394 e. The van der Waals surface area contributed by atoms with Crippen molar-refractivity contribution in [2.75, 3.05) is 11.9 Å². The summed E-state index contributed by atoms with van der Waals surface area (Å²) in [6, 6.07) is 5.32. The van der Waals surface area contributed by atoms with E-state index in [4.69, 9.17) is 23.2 Å². The zero-order valence-corrected chi connectivity index (χ0v) is 10.7.